The van der Waals surface area contributed by atoms with E-state index >= 15 is 0 Å². The van der Waals surface area contributed by atoms with Crippen LogP contribution in [0.2, 0.25) is 0 Å². The van der Waals surface area contributed by atoms with Crippen molar-refractivity contribution in [1.82, 2.24) is 10.5 Å². The lowest BCUT2D eigenvalue weighted by molar-refractivity contribution is 0.254. The van der Waals surface area contributed by atoms with Crippen LogP contribution in [-0.2, 0) is 0 Å². The van der Waals surface area contributed by atoms with Crippen molar-refractivity contribution >= 4 is 5.57 Å². The third-order valence-corrected chi connectivity index (χ3v) is 3.23. The standard InChI is InChI=1S/C11H14N2O/c1-7-4-11(14-13-7)8-2-3-9-6-12-10(9)5-8/h4-5,9-10,12H,2-3,6H2,1H3. The first kappa shape index (κ1) is 8.24. The van der Waals surface area contributed by atoms with Gasteiger partial charge in [0, 0.05) is 18.7 Å². The second-order valence-electron chi connectivity index (χ2n) is 4.26. The first-order valence-electron chi connectivity index (χ1n) is 5.21. The minimum Gasteiger partial charge on any atom is -0.356 e. The van der Waals surface area contributed by atoms with Gasteiger partial charge in [0.1, 0.15) is 0 Å². The summed E-state index contributed by atoms with van der Waals surface area (Å²) < 4.78 is 5.27. The van der Waals surface area contributed by atoms with Gasteiger partial charge in [0.15, 0.2) is 5.76 Å². The van der Waals surface area contributed by atoms with Crippen molar-refractivity contribution in [3.05, 3.63) is 23.6 Å². The Morgan fingerprint density at radius 1 is 1.57 bits per heavy atom. The topological polar surface area (TPSA) is 38.1 Å². The summed E-state index contributed by atoms with van der Waals surface area (Å²) >= 11 is 0. The van der Waals surface area contributed by atoms with Crippen LogP contribution >= 0.6 is 0 Å². The largest absolute Gasteiger partial charge is 0.356 e. The molecule has 3 rings (SSSR count). The van der Waals surface area contributed by atoms with E-state index in [4.69, 9.17) is 4.52 Å². The highest BCUT2D eigenvalue weighted by Crippen LogP contribution is 2.33. The Labute approximate surface area is 83.2 Å². The van der Waals surface area contributed by atoms with Gasteiger partial charge in [-0.25, -0.2) is 0 Å². The normalized spacial score (nSPS) is 30.5. The van der Waals surface area contributed by atoms with Crippen molar-refractivity contribution in [2.45, 2.75) is 25.8 Å². The van der Waals surface area contributed by atoms with Gasteiger partial charge in [-0.2, -0.15) is 0 Å². The van der Waals surface area contributed by atoms with Crippen LogP contribution in [0.25, 0.3) is 5.57 Å². The van der Waals surface area contributed by atoms with Crippen molar-refractivity contribution in [3.63, 3.8) is 0 Å². The van der Waals surface area contributed by atoms with Crippen LogP contribution in [0.1, 0.15) is 24.3 Å². The molecule has 1 aliphatic carbocycles. The average molecular weight is 190 g/mol. The van der Waals surface area contributed by atoms with Crippen molar-refractivity contribution < 1.29 is 4.52 Å². The molecule has 14 heavy (non-hydrogen) atoms. The van der Waals surface area contributed by atoms with E-state index in [1.807, 2.05) is 13.0 Å². The van der Waals surface area contributed by atoms with E-state index in [9.17, 15) is 0 Å². The first-order valence-corrected chi connectivity index (χ1v) is 5.21. The van der Waals surface area contributed by atoms with Crippen LogP contribution in [0.4, 0.5) is 0 Å². The summed E-state index contributed by atoms with van der Waals surface area (Å²) in [5, 5.41) is 7.33. The monoisotopic (exact) mass is 190 g/mol. The Kier molecular flexibility index (Phi) is 1.74. The fourth-order valence-electron chi connectivity index (χ4n) is 2.26. The molecule has 1 aromatic heterocycles. The quantitative estimate of drug-likeness (QED) is 0.733. The number of nitrogens with zero attached hydrogens (tertiary/aromatic N) is 1. The number of rotatable bonds is 1. The van der Waals surface area contributed by atoms with E-state index in [0.717, 1.165) is 23.8 Å². The summed E-state index contributed by atoms with van der Waals surface area (Å²) in [7, 11) is 0. The van der Waals surface area contributed by atoms with Crippen LogP contribution in [0.3, 0.4) is 0 Å². The molecule has 2 heterocycles. The molecule has 3 nitrogen and oxygen atoms in total. The Bertz CT molecular complexity index is 380. The molecule has 1 fully saturated rings. The molecule has 0 saturated carbocycles. The molecular formula is C11H14N2O. The molecule has 0 bridgehead atoms. The summed E-state index contributed by atoms with van der Waals surface area (Å²) in [6, 6.07) is 2.61. The number of fused-ring (bicyclic) bond motifs is 1. The van der Waals surface area contributed by atoms with E-state index in [2.05, 4.69) is 16.5 Å². The van der Waals surface area contributed by atoms with Gasteiger partial charge in [-0.1, -0.05) is 11.2 Å². The van der Waals surface area contributed by atoms with Gasteiger partial charge < -0.3 is 9.84 Å². The Morgan fingerprint density at radius 3 is 3.07 bits per heavy atom. The molecular weight excluding hydrogens is 176 g/mol. The molecule has 0 spiro atoms. The highest BCUT2D eigenvalue weighted by atomic mass is 16.5. The lowest BCUT2D eigenvalue weighted by atomic mass is 9.80. The Hall–Kier alpha value is -1.09. The lowest BCUT2D eigenvalue weighted by Gasteiger charge is -2.39. The van der Waals surface area contributed by atoms with Crippen molar-refractivity contribution in [1.29, 1.82) is 0 Å². The average Bonchev–Trinajstić information content (AvgIpc) is 2.54. The molecule has 74 valence electrons. The minimum absolute atomic E-state index is 0.587. The van der Waals surface area contributed by atoms with E-state index in [1.165, 1.54) is 18.5 Å². The van der Waals surface area contributed by atoms with Crippen molar-refractivity contribution in [2.75, 3.05) is 6.54 Å². The summed E-state index contributed by atoms with van der Waals surface area (Å²) in [6.07, 6.45) is 4.72. The highest BCUT2D eigenvalue weighted by molar-refractivity contribution is 5.63. The molecule has 2 aliphatic rings. The van der Waals surface area contributed by atoms with Crippen molar-refractivity contribution in [2.24, 2.45) is 5.92 Å². The second-order valence-corrected chi connectivity index (χ2v) is 4.26. The number of hydrogen-bond acceptors (Lipinski definition) is 3. The zero-order valence-corrected chi connectivity index (χ0v) is 8.29. The van der Waals surface area contributed by atoms with Gasteiger partial charge in [-0.15, -0.1) is 0 Å². The lowest BCUT2D eigenvalue weighted by Crippen LogP contribution is -2.52. The zero-order chi connectivity index (χ0) is 9.54. The maximum absolute atomic E-state index is 5.27. The van der Waals surface area contributed by atoms with Crippen molar-refractivity contribution in [3.8, 4) is 0 Å². The van der Waals surface area contributed by atoms with Crippen LogP contribution in [0.5, 0.6) is 0 Å². The van der Waals surface area contributed by atoms with Gasteiger partial charge in [0.25, 0.3) is 0 Å². The van der Waals surface area contributed by atoms with Gasteiger partial charge in [0.05, 0.1) is 5.69 Å². The van der Waals surface area contributed by atoms with Gasteiger partial charge in [0.2, 0.25) is 0 Å². The highest BCUT2D eigenvalue weighted by Gasteiger charge is 2.32. The summed E-state index contributed by atoms with van der Waals surface area (Å²) in [5.74, 6) is 1.82. The maximum atomic E-state index is 5.27. The van der Waals surface area contributed by atoms with Crippen LogP contribution in [-0.4, -0.2) is 17.7 Å². The number of aryl methyl sites for hydroxylation is 1. The molecule has 1 aromatic rings. The summed E-state index contributed by atoms with van der Waals surface area (Å²) in [5.41, 5.74) is 2.28. The molecule has 0 radical (unpaired) electrons. The SMILES string of the molecule is Cc1cc(C2=CC3NCC3CC2)on1. The van der Waals surface area contributed by atoms with Crippen LogP contribution < -0.4 is 5.32 Å². The minimum atomic E-state index is 0.587. The van der Waals surface area contributed by atoms with E-state index in [1.54, 1.807) is 0 Å². The van der Waals surface area contributed by atoms with Gasteiger partial charge in [-0.3, -0.25) is 0 Å². The Balaban J connectivity index is 1.88. The second kappa shape index (κ2) is 2.95. The Morgan fingerprint density at radius 2 is 2.50 bits per heavy atom. The molecule has 1 aliphatic heterocycles. The summed E-state index contributed by atoms with van der Waals surface area (Å²) in [4.78, 5) is 0. The number of nitrogens with one attached hydrogen (secondary N) is 1. The fraction of sp³-hybridized carbons (Fsp3) is 0.545. The molecule has 0 aromatic carbocycles. The summed E-state index contributed by atoms with van der Waals surface area (Å²) in [6.45, 7) is 3.14. The number of hydrogen-bond donors (Lipinski definition) is 1. The first-order chi connectivity index (χ1) is 6.83. The maximum Gasteiger partial charge on any atom is 0.162 e. The number of aromatic nitrogens is 1. The van der Waals surface area contributed by atoms with E-state index in [-0.39, 0.29) is 0 Å². The molecule has 2 atom stereocenters. The van der Waals surface area contributed by atoms with Gasteiger partial charge >= 0.3 is 0 Å². The predicted molar refractivity (Wildman–Crippen MR) is 53.7 cm³/mol. The number of allylic oxidation sites excluding steroid dienone is 1. The molecule has 1 N–H and O–H groups in total. The molecule has 3 heteroatoms. The van der Waals surface area contributed by atoms with E-state index < -0.39 is 0 Å². The van der Waals surface area contributed by atoms with E-state index in [0.29, 0.717) is 6.04 Å². The van der Waals surface area contributed by atoms with Crippen LogP contribution in [0.15, 0.2) is 16.7 Å². The fourth-order valence-corrected chi connectivity index (χ4v) is 2.26. The van der Waals surface area contributed by atoms with Gasteiger partial charge in [-0.05, 0) is 31.3 Å². The molecule has 0 amide bonds. The molecule has 1 saturated heterocycles. The third-order valence-electron chi connectivity index (χ3n) is 3.23. The third kappa shape index (κ3) is 1.20. The van der Waals surface area contributed by atoms with Crippen LogP contribution in [0, 0.1) is 12.8 Å². The zero-order valence-electron chi connectivity index (χ0n) is 8.29. The predicted octanol–water partition coefficient (Wildman–Crippen LogP) is 1.75. The smallest absolute Gasteiger partial charge is 0.162 e. The molecule has 2 unspecified atom stereocenters.